The van der Waals surface area contributed by atoms with Crippen LogP contribution in [0.15, 0.2) is 0 Å². The summed E-state index contributed by atoms with van der Waals surface area (Å²) < 4.78 is 0. The van der Waals surface area contributed by atoms with Crippen LogP contribution in [0.3, 0.4) is 0 Å². The van der Waals surface area contributed by atoms with Crippen LogP contribution in [0.25, 0.3) is 0 Å². The minimum Gasteiger partial charge on any atom is -0.480 e. The Morgan fingerprint density at radius 2 is 1.81 bits per heavy atom. The molecule has 0 aliphatic carbocycles. The second-order valence-corrected chi connectivity index (χ2v) is 5.76. The maximum atomic E-state index is 12.2. The van der Waals surface area contributed by atoms with E-state index in [2.05, 4.69) is 24.1 Å². The highest BCUT2D eigenvalue weighted by atomic mass is 16.4. The zero-order valence-corrected chi connectivity index (χ0v) is 13.5. The van der Waals surface area contributed by atoms with Crippen molar-refractivity contribution >= 4 is 12.0 Å². The molecule has 0 aromatic heterocycles. The Hall–Kier alpha value is -1.30. The number of carboxylic acids is 1. The van der Waals surface area contributed by atoms with Gasteiger partial charge in [0.05, 0.1) is 0 Å². The highest BCUT2D eigenvalue weighted by Gasteiger charge is 2.26. The Morgan fingerprint density at radius 3 is 2.29 bits per heavy atom. The van der Waals surface area contributed by atoms with Crippen molar-refractivity contribution in [3.8, 4) is 0 Å². The summed E-state index contributed by atoms with van der Waals surface area (Å²) in [5, 5.41) is 11.8. The zero-order chi connectivity index (χ0) is 15.8. The Labute approximate surface area is 127 Å². The van der Waals surface area contributed by atoms with Crippen LogP contribution in [0.2, 0.25) is 0 Å². The molecule has 1 heterocycles. The number of carboxylic acid groups (broad SMARTS) is 1. The molecule has 0 aromatic carbocycles. The number of piperazine rings is 1. The van der Waals surface area contributed by atoms with E-state index in [0.29, 0.717) is 25.6 Å². The first-order chi connectivity index (χ1) is 9.99. The van der Waals surface area contributed by atoms with Gasteiger partial charge in [0.2, 0.25) is 0 Å². The van der Waals surface area contributed by atoms with Crippen molar-refractivity contribution in [1.29, 1.82) is 0 Å². The summed E-state index contributed by atoms with van der Waals surface area (Å²) in [5.41, 5.74) is 0. The summed E-state index contributed by atoms with van der Waals surface area (Å²) in [6, 6.07) is -0.487. The lowest BCUT2D eigenvalue weighted by Crippen LogP contribution is -2.55. The molecule has 122 valence electrons. The van der Waals surface area contributed by atoms with Gasteiger partial charge in [0.15, 0.2) is 0 Å². The molecule has 2 atom stereocenters. The third-order valence-corrected chi connectivity index (χ3v) is 4.26. The number of aliphatic carboxylic acids is 1. The van der Waals surface area contributed by atoms with Crippen LogP contribution < -0.4 is 5.32 Å². The lowest BCUT2D eigenvalue weighted by atomic mass is 10.1. The van der Waals surface area contributed by atoms with Gasteiger partial charge in [-0.3, -0.25) is 4.90 Å². The molecule has 0 radical (unpaired) electrons. The maximum absolute atomic E-state index is 12.2. The highest BCUT2D eigenvalue weighted by Crippen LogP contribution is 2.09. The van der Waals surface area contributed by atoms with Crippen LogP contribution in [-0.2, 0) is 4.79 Å². The van der Waals surface area contributed by atoms with Crippen LogP contribution in [0.4, 0.5) is 4.79 Å². The number of nitrogens with zero attached hydrogens (tertiary/aromatic N) is 2. The van der Waals surface area contributed by atoms with Crippen LogP contribution in [0.5, 0.6) is 0 Å². The third-order valence-electron chi connectivity index (χ3n) is 4.26. The molecule has 0 aromatic rings. The summed E-state index contributed by atoms with van der Waals surface area (Å²) in [4.78, 5) is 27.4. The number of carbonyl (C=O) groups is 2. The predicted octanol–water partition coefficient (Wildman–Crippen LogP) is 1.76. The molecule has 1 saturated heterocycles. The van der Waals surface area contributed by atoms with E-state index in [4.69, 9.17) is 5.11 Å². The van der Waals surface area contributed by atoms with Gasteiger partial charge >= 0.3 is 12.0 Å². The van der Waals surface area contributed by atoms with Crippen molar-refractivity contribution in [2.24, 2.45) is 0 Å². The summed E-state index contributed by atoms with van der Waals surface area (Å²) in [6.45, 7) is 9.40. The van der Waals surface area contributed by atoms with E-state index in [0.717, 1.165) is 32.4 Å². The maximum Gasteiger partial charge on any atom is 0.326 e. The molecule has 2 amide bonds. The normalized spacial score (nSPS) is 19.1. The monoisotopic (exact) mass is 299 g/mol. The fraction of sp³-hybridized carbons (Fsp3) is 0.867. The molecular weight excluding hydrogens is 270 g/mol. The van der Waals surface area contributed by atoms with Crippen LogP contribution in [0.1, 0.15) is 46.5 Å². The summed E-state index contributed by atoms with van der Waals surface area (Å²) in [5.74, 6) is -0.949. The van der Waals surface area contributed by atoms with Gasteiger partial charge in [-0.25, -0.2) is 9.59 Å². The lowest BCUT2D eigenvalue weighted by molar-refractivity contribution is -0.139. The molecule has 1 fully saturated rings. The van der Waals surface area contributed by atoms with Gasteiger partial charge in [-0.2, -0.15) is 0 Å². The number of hydrogen-bond acceptors (Lipinski definition) is 3. The van der Waals surface area contributed by atoms with Crippen molar-refractivity contribution in [1.82, 2.24) is 15.1 Å². The number of rotatable bonds is 7. The van der Waals surface area contributed by atoms with Crippen molar-refractivity contribution < 1.29 is 14.7 Å². The molecule has 6 heteroatoms. The van der Waals surface area contributed by atoms with Gasteiger partial charge in [-0.1, -0.05) is 26.7 Å². The molecule has 6 nitrogen and oxygen atoms in total. The van der Waals surface area contributed by atoms with Crippen LogP contribution >= 0.6 is 0 Å². The zero-order valence-electron chi connectivity index (χ0n) is 13.5. The second kappa shape index (κ2) is 8.87. The number of hydrogen-bond donors (Lipinski definition) is 2. The second-order valence-electron chi connectivity index (χ2n) is 5.76. The van der Waals surface area contributed by atoms with Crippen molar-refractivity contribution in [3.63, 3.8) is 0 Å². The number of nitrogens with one attached hydrogen (secondary N) is 1. The number of carbonyl (C=O) groups excluding carboxylic acids is 1. The molecular formula is C15H29N3O3. The summed E-state index contributed by atoms with van der Waals surface area (Å²) in [6.07, 6.45) is 3.32. The molecule has 1 aliphatic rings. The number of urea groups is 1. The average molecular weight is 299 g/mol. The Balaban J connectivity index is 2.43. The van der Waals surface area contributed by atoms with E-state index >= 15 is 0 Å². The van der Waals surface area contributed by atoms with Gasteiger partial charge in [0.1, 0.15) is 6.04 Å². The van der Waals surface area contributed by atoms with E-state index in [1.165, 1.54) is 0 Å². The highest BCUT2D eigenvalue weighted by molar-refractivity contribution is 5.82. The largest absolute Gasteiger partial charge is 0.480 e. The van der Waals surface area contributed by atoms with E-state index < -0.39 is 12.0 Å². The van der Waals surface area contributed by atoms with Gasteiger partial charge in [-0.05, 0) is 19.8 Å². The fourth-order valence-corrected chi connectivity index (χ4v) is 2.53. The Morgan fingerprint density at radius 1 is 1.19 bits per heavy atom. The van der Waals surface area contributed by atoms with E-state index in [1.54, 1.807) is 4.90 Å². The predicted molar refractivity (Wildman–Crippen MR) is 82.4 cm³/mol. The standard InChI is InChI=1S/C15H29N3O3/c1-4-6-7-13(14(19)20)16-15(21)18-10-8-17(9-11-18)12(3)5-2/h12-13H,4-11H2,1-3H3,(H,16,21)(H,19,20)/t12?,13-/m0/s1. The molecule has 21 heavy (non-hydrogen) atoms. The fourth-order valence-electron chi connectivity index (χ4n) is 2.53. The van der Waals surface area contributed by atoms with Gasteiger partial charge in [-0.15, -0.1) is 0 Å². The minimum absolute atomic E-state index is 0.248. The van der Waals surface area contributed by atoms with Crippen molar-refractivity contribution in [3.05, 3.63) is 0 Å². The average Bonchev–Trinajstić information content (AvgIpc) is 2.50. The van der Waals surface area contributed by atoms with Crippen LogP contribution in [-0.4, -0.2) is 65.2 Å². The van der Waals surface area contributed by atoms with E-state index in [-0.39, 0.29) is 6.03 Å². The molecule has 0 spiro atoms. The van der Waals surface area contributed by atoms with Gasteiger partial charge in [0, 0.05) is 32.2 Å². The van der Waals surface area contributed by atoms with E-state index in [9.17, 15) is 9.59 Å². The van der Waals surface area contributed by atoms with Gasteiger partial charge < -0.3 is 15.3 Å². The van der Waals surface area contributed by atoms with Crippen molar-refractivity contribution in [2.45, 2.75) is 58.5 Å². The molecule has 1 unspecified atom stereocenters. The van der Waals surface area contributed by atoms with E-state index in [1.807, 2.05) is 6.92 Å². The lowest BCUT2D eigenvalue weighted by Gasteiger charge is -2.38. The van der Waals surface area contributed by atoms with Crippen LogP contribution in [0, 0.1) is 0 Å². The molecule has 1 rings (SSSR count). The first-order valence-corrected chi connectivity index (χ1v) is 8.01. The number of unbranched alkanes of at least 4 members (excludes halogenated alkanes) is 1. The smallest absolute Gasteiger partial charge is 0.326 e. The first-order valence-electron chi connectivity index (χ1n) is 8.01. The Bertz CT molecular complexity index is 341. The summed E-state index contributed by atoms with van der Waals surface area (Å²) in [7, 11) is 0. The quantitative estimate of drug-likeness (QED) is 0.751. The Kier molecular flexibility index (Phi) is 7.50. The molecule has 2 N–H and O–H groups in total. The molecule has 0 saturated carbocycles. The molecule has 1 aliphatic heterocycles. The SMILES string of the molecule is CCCC[C@H](NC(=O)N1CCN(C(C)CC)CC1)C(=O)O. The van der Waals surface area contributed by atoms with Gasteiger partial charge in [0.25, 0.3) is 0 Å². The summed E-state index contributed by atoms with van der Waals surface area (Å²) >= 11 is 0. The topological polar surface area (TPSA) is 72.9 Å². The third kappa shape index (κ3) is 5.53. The number of amides is 2. The first kappa shape index (κ1) is 17.8. The minimum atomic E-state index is -0.949. The van der Waals surface area contributed by atoms with Crippen molar-refractivity contribution in [2.75, 3.05) is 26.2 Å². The molecule has 0 bridgehead atoms.